The van der Waals surface area contributed by atoms with Crippen molar-refractivity contribution in [3.05, 3.63) is 193 Å². The molecule has 4 heteroatoms. The summed E-state index contributed by atoms with van der Waals surface area (Å²) in [5, 5.41) is 38.7. The lowest BCUT2D eigenvalue weighted by molar-refractivity contribution is -0.266. The molecule has 0 unspecified atom stereocenters. The number of ether oxygens (including phenoxy) is 2. The third-order valence-electron chi connectivity index (χ3n) is 13.4. The van der Waals surface area contributed by atoms with Gasteiger partial charge in [0.15, 0.2) is 0 Å². The number of hydrogen-bond acceptors (Lipinski definition) is 4. The van der Waals surface area contributed by atoms with Crippen molar-refractivity contribution in [3.8, 4) is 67.5 Å². The molecule has 338 valence electrons. The smallest absolute Gasteiger partial charge is 0.127 e. The first-order valence-corrected chi connectivity index (χ1v) is 23.7. The molecule has 0 radical (unpaired) electrons. The van der Waals surface area contributed by atoms with E-state index < -0.39 is 0 Å². The van der Waals surface area contributed by atoms with Gasteiger partial charge >= 0.3 is 0 Å². The molecular weight excluding hydrogens is 833 g/mol. The summed E-state index contributed by atoms with van der Waals surface area (Å²) in [6, 6.07) is 61.7. The quantitative estimate of drug-likeness (QED) is 0.128. The van der Waals surface area contributed by atoms with Gasteiger partial charge in [0.1, 0.15) is 11.5 Å². The van der Waals surface area contributed by atoms with E-state index in [9.17, 15) is 0 Å². The molecule has 10 aromatic rings. The molecule has 0 N–H and O–H groups in total. The average molecular weight is 889 g/mol. The molecule has 10 rings (SSSR count). The molecule has 0 bridgehead atoms. The van der Waals surface area contributed by atoms with E-state index in [0.717, 1.165) is 76.5 Å². The van der Waals surface area contributed by atoms with Gasteiger partial charge in [-0.05, 0) is 123 Å². The van der Waals surface area contributed by atoms with Crippen LogP contribution in [0.3, 0.4) is 0 Å². The molecule has 4 nitrogen and oxygen atoms in total. The van der Waals surface area contributed by atoms with E-state index in [1.165, 1.54) is 0 Å². The minimum Gasteiger partial charge on any atom is -0.872 e. The second kappa shape index (κ2) is 17.6. The summed E-state index contributed by atoms with van der Waals surface area (Å²) in [7, 11) is 0. The zero-order valence-corrected chi connectivity index (χ0v) is 39.9. The maximum Gasteiger partial charge on any atom is 0.127 e. The minimum atomic E-state index is -0.234. The lowest BCUT2D eigenvalue weighted by Gasteiger charge is -2.29. The van der Waals surface area contributed by atoms with Crippen molar-refractivity contribution in [2.75, 3.05) is 13.2 Å². The molecule has 0 spiro atoms. The Morgan fingerprint density at radius 2 is 0.662 bits per heavy atom. The van der Waals surface area contributed by atoms with Gasteiger partial charge < -0.3 is 19.7 Å². The van der Waals surface area contributed by atoms with Crippen molar-refractivity contribution >= 4 is 43.1 Å². The third-order valence-corrected chi connectivity index (χ3v) is 13.4. The molecule has 0 aliphatic carbocycles. The van der Waals surface area contributed by atoms with Crippen LogP contribution in [-0.2, 0) is 10.8 Å². The Labute approximate surface area is 400 Å². The van der Waals surface area contributed by atoms with E-state index in [4.69, 9.17) is 9.47 Å². The van der Waals surface area contributed by atoms with Crippen LogP contribution < -0.4 is 19.7 Å². The lowest BCUT2D eigenvalue weighted by atomic mass is 9.81. The van der Waals surface area contributed by atoms with Crippen molar-refractivity contribution in [2.24, 2.45) is 5.92 Å². The number of para-hydroxylation sites is 2. The Bertz CT molecular complexity index is 3190. The monoisotopic (exact) mass is 888 g/mol. The van der Waals surface area contributed by atoms with E-state index >= 15 is 10.2 Å². The van der Waals surface area contributed by atoms with Crippen LogP contribution in [0.5, 0.6) is 23.0 Å². The van der Waals surface area contributed by atoms with Gasteiger partial charge in [-0.3, -0.25) is 0 Å². The Balaban J connectivity index is 0.971. The molecule has 0 aliphatic rings. The molecule has 0 aromatic heterocycles. The maximum absolute atomic E-state index is 15.1. The molecule has 0 amide bonds. The van der Waals surface area contributed by atoms with Gasteiger partial charge in [-0.1, -0.05) is 218 Å². The minimum absolute atomic E-state index is 0.0337. The Hall–Kier alpha value is -7.56. The summed E-state index contributed by atoms with van der Waals surface area (Å²) in [6.07, 6.45) is 0. The fourth-order valence-electron chi connectivity index (χ4n) is 9.65. The summed E-state index contributed by atoms with van der Waals surface area (Å²) >= 11 is 0. The van der Waals surface area contributed by atoms with E-state index in [1.807, 2.05) is 97.1 Å². The molecule has 0 aliphatic heterocycles. The summed E-state index contributed by atoms with van der Waals surface area (Å²) in [5.74, 6) is 1.16. The highest BCUT2D eigenvalue weighted by Gasteiger charge is 2.24. The van der Waals surface area contributed by atoms with Gasteiger partial charge in [-0.25, -0.2) is 0 Å². The second-order valence-electron chi connectivity index (χ2n) is 20.4. The highest BCUT2D eigenvalue weighted by molar-refractivity contribution is 6.15. The summed E-state index contributed by atoms with van der Waals surface area (Å²) in [5.41, 5.74) is 7.67. The predicted octanol–water partition coefficient (Wildman–Crippen LogP) is 15.8. The van der Waals surface area contributed by atoms with E-state index in [-0.39, 0.29) is 28.2 Å². The SMILES string of the molecule is CC(COc1ccccc1-c1cc(C(C)(C)C)cc(-c2c3ccccc3cc3ccccc23)c1[O-])COc1ccccc1-c1cc(C(C)(C)C)cc(-c2c3ccccc3cc3ccccc23)c1[O-]. The van der Waals surface area contributed by atoms with Gasteiger partial charge in [0.25, 0.3) is 0 Å². The summed E-state index contributed by atoms with van der Waals surface area (Å²) in [4.78, 5) is 0. The first-order chi connectivity index (χ1) is 32.7. The Morgan fingerprint density at radius 3 is 1.00 bits per heavy atom. The van der Waals surface area contributed by atoms with E-state index in [2.05, 4.69) is 133 Å². The Morgan fingerprint density at radius 1 is 0.368 bits per heavy atom. The molecule has 0 saturated carbocycles. The summed E-state index contributed by atoms with van der Waals surface area (Å²) in [6.45, 7) is 15.9. The average Bonchev–Trinajstić information content (AvgIpc) is 3.33. The van der Waals surface area contributed by atoms with Crippen LogP contribution in [0.25, 0.3) is 87.6 Å². The van der Waals surface area contributed by atoms with E-state index in [0.29, 0.717) is 47.0 Å². The van der Waals surface area contributed by atoms with Crippen molar-refractivity contribution < 1.29 is 19.7 Å². The first-order valence-electron chi connectivity index (χ1n) is 23.7. The number of rotatable bonds is 10. The highest BCUT2D eigenvalue weighted by atomic mass is 16.5. The molecule has 0 atom stereocenters. The zero-order chi connectivity index (χ0) is 47.3. The fraction of sp³-hybridized carbons (Fsp3) is 0.188. The molecule has 0 saturated heterocycles. The highest BCUT2D eigenvalue weighted by Crippen LogP contribution is 2.49. The number of fused-ring (bicyclic) bond motifs is 4. The standard InChI is InChI=1S/C64H58O4/c1-40(38-67-57-30-18-16-28-51(57)53-34-45(63(2,3)4)36-55(61(53)65)59-47-24-12-8-20-41(47)32-42-21-9-13-25-48(42)59)39-68-58-31-19-17-29-52(58)54-35-46(64(5,6)7)37-56(62(54)66)60-49-26-14-10-22-43(49)33-44-23-11-15-27-50(44)60/h8-37,40,65-66H,38-39H2,1-7H3/p-2. The first kappa shape index (κ1) is 44.3. The van der Waals surface area contributed by atoms with Crippen molar-refractivity contribution in [1.82, 2.24) is 0 Å². The molecule has 10 aromatic carbocycles. The fourth-order valence-corrected chi connectivity index (χ4v) is 9.65. The van der Waals surface area contributed by atoms with Crippen LogP contribution in [0, 0.1) is 5.92 Å². The van der Waals surface area contributed by atoms with Gasteiger partial charge in [0.2, 0.25) is 0 Å². The van der Waals surface area contributed by atoms with Crippen LogP contribution >= 0.6 is 0 Å². The van der Waals surface area contributed by atoms with Crippen molar-refractivity contribution in [2.45, 2.75) is 59.3 Å². The van der Waals surface area contributed by atoms with Crippen LogP contribution in [0.15, 0.2) is 182 Å². The van der Waals surface area contributed by atoms with Crippen LogP contribution in [-0.4, -0.2) is 13.2 Å². The Kier molecular flexibility index (Phi) is 11.5. The van der Waals surface area contributed by atoms with Crippen LogP contribution in [0.1, 0.15) is 59.6 Å². The largest absolute Gasteiger partial charge is 0.872 e. The van der Waals surface area contributed by atoms with Gasteiger partial charge in [0.05, 0.1) is 13.2 Å². The lowest BCUT2D eigenvalue weighted by Crippen LogP contribution is -2.17. The molecular formula is C64H56O4-2. The zero-order valence-electron chi connectivity index (χ0n) is 39.9. The summed E-state index contributed by atoms with van der Waals surface area (Å²) < 4.78 is 13.3. The van der Waals surface area contributed by atoms with Crippen LogP contribution in [0.4, 0.5) is 0 Å². The molecule has 0 heterocycles. The normalized spacial score (nSPS) is 12.1. The maximum atomic E-state index is 15.1. The van der Waals surface area contributed by atoms with Gasteiger partial charge in [0, 0.05) is 17.0 Å². The van der Waals surface area contributed by atoms with Gasteiger partial charge in [-0.15, -0.1) is 0 Å². The third kappa shape index (κ3) is 8.30. The van der Waals surface area contributed by atoms with Gasteiger partial charge in [-0.2, -0.15) is 0 Å². The van der Waals surface area contributed by atoms with Crippen molar-refractivity contribution in [1.29, 1.82) is 0 Å². The van der Waals surface area contributed by atoms with E-state index in [1.54, 1.807) is 0 Å². The number of hydrogen-bond donors (Lipinski definition) is 0. The topological polar surface area (TPSA) is 64.6 Å². The predicted molar refractivity (Wildman–Crippen MR) is 281 cm³/mol. The molecule has 68 heavy (non-hydrogen) atoms. The van der Waals surface area contributed by atoms with Crippen LogP contribution in [0.2, 0.25) is 0 Å². The van der Waals surface area contributed by atoms with Crippen molar-refractivity contribution in [3.63, 3.8) is 0 Å². The second-order valence-corrected chi connectivity index (χ2v) is 20.4. The number of benzene rings is 10. The molecule has 0 fully saturated rings.